The Hall–Kier alpha value is -1.18. The fraction of sp³-hybridized carbons (Fsp3) is 0.500. The molecule has 1 aromatic carbocycles. The van der Waals surface area contributed by atoms with E-state index in [0.29, 0.717) is 6.42 Å². The van der Waals surface area contributed by atoms with Crippen molar-refractivity contribution in [2.75, 3.05) is 0 Å². The van der Waals surface area contributed by atoms with Gasteiger partial charge in [0, 0.05) is 12.3 Å². The summed E-state index contributed by atoms with van der Waals surface area (Å²) in [7, 11) is 0. The van der Waals surface area contributed by atoms with E-state index in [1.165, 1.54) is 6.07 Å². The highest BCUT2D eigenvalue weighted by atomic mass is 19.1. The van der Waals surface area contributed by atoms with Crippen LogP contribution in [-0.2, 0) is 11.2 Å². The van der Waals surface area contributed by atoms with Gasteiger partial charge in [-0.2, -0.15) is 0 Å². The number of hydrogen-bond donors (Lipinski definition) is 0. The van der Waals surface area contributed by atoms with Crippen LogP contribution in [-0.4, -0.2) is 5.78 Å². The molecule has 0 spiro atoms. The minimum atomic E-state index is -0.184. The molecule has 2 heteroatoms. The Morgan fingerprint density at radius 1 is 1.44 bits per heavy atom. The molecule has 0 radical (unpaired) electrons. The fourth-order valence-corrected chi connectivity index (χ4v) is 1.90. The van der Waals surface area contributed by atoms with Crippen LogP contribution in [0.4, 0.5) is 4.39 Å². The summed E-state index contributed by atoms with van der Waals surface area (Å²) in [5, 5.41) is 0. The molecular weight excluding hydrogens is 203 g/mol. The van der Waals surface area contributed by atoms with Crippen molar-refractivity contribution < 1.29 is 9.18 Å². The molecule has 0 aliphatic heterocycles. The zero-order valence-electron chi connectivity index (χ0n) is 9.79. The van der Waals surface area contributed by atoms with Crippen molar-refractivity contribution in [3.05, 3.63) is 35.1 Å². The third-order valence-electron chi connectivity index (χ3n) is 3.10. The van der Waals surface area contributed by atoms with E-state index in [1.807, 2.05) is 19.9 Å². The van der Waals surface area contributed by atoms with Crippen LogP contribution in [0.15, 0.2) is 18.2 Å². The molecule has 1 fully saturated rings. The van der Waals surface area contributed by atoms with Crippen LogP contribution >= 0.6 is 0 Å². The summed E-state index contributed by atoms with van der Waals surface area (Å²) >= 11 is 0. The SMILES string of the molecule is CC(C)c1ccc(CC(=O)C2CC2)cc1F. The van der Waals surface area contributed by atoms with Crippen LogP contribution in [0.2, 0.25) is 0 Å². The smallest absolute Gasteiger partial charge is 0.140 e. The molecule has 1 saturated carbocycles. The van der Waals surface area contributed by atoms with Crippen molar-refractivity contribution in [1.82, 2.24) is 0 Å². The van der Waals surface area contributed by atoms with Gasteiger partial charge in [-0.15, -0.1) is 0 Å². The maximum atomic E-state index is 13.7. The first-order chi connectivity index (χ1) is 7.58. The van der Waals surface area contributed by atoms with E-state index in [2.05, 4.69) is 0 Å². The van der Waals surface area contributed by atoms with Gasteiger partial charge in [0.25, 0.3) is 0 Å². The Morgan fingerprint density at radius 2 is 2.12 bits per heavy atom. The van der Waals surface area contributed by atoms with Crippen LogP contribution in [0.25, 0.3) is 0 Å². The zero-order valence-corrected chi connectivity index (χ0v) is 9.79. The molecule has 0 saturated heterocycles. The first-order valence-corrected chi connectivity index (χ1v) is 5.89. The number of benzene rings is 1. The van der Waals surface area contributed by atoms with Crippen molar-refractivity contribution in [2.24, 2.45) is 5.92 Å². The molecule has 0 atom stereocenters. The van der Waals surface area contributed by atoms with Crippen molar-refractivity contribution in [3.63, 3.8) is 0 Å². The molecule has 0 N–H and O–H groups in total. The van der Waals surface area contributed by atoms with Gasteiger partial charge in [-0.1, -0.05) is 26.0 Å². The van der Waals surface area contributed by atoms with Gasteiger partial charge in [-0.3, -0.25) is 4.79 Å². The second-order valence-electron chi connectivity index (χ2n) is 4.93. The van der Waals surface area contributed by atoms with Crippen LogP contribution in [0, 0.1) is 11.7 Å². The van der Waals surface area contributed by atoms with Crippen LogP contribution in [0.1, 0.15) is 43.7 Å². The van der Waals surface area contributed by atoms with Crippen molar-refractivity contribution >= 4 is 5.78 Å². The molecular formula is C14H17FO. The quantitative estimate of drug-likeness (QED) is 0.759. The Labute approximate surface area is 95.7 Å². The van der Waals surface area contributed by atoms with Gasteiger partial charge in [0.1, 0.15) is 11.6 Å². The van der Waals surface area contributed by atoms with Gasteiger partial charge in [0.2, 0.25) is 0 Å². The lowest BCUT2D eigenvalue weighted by Crippen LogP contribution is -2.05. The van der Waals surface area contributed by atoms with Gasteiger partial charge in [0.15, 0.2) is 0 Å². The van der Waals surface area contributed by atoms with E-state index >= 15 is 0 Å². The number of halogens is 1. The van der Waals surface area contributed by atoms with Crippen LogP contribution < -0.4 is 0 Å². The van der Waals surface area contributed by atoms with E-state index in [9.17, 15) is 9.18 Å². The normalized spacial score (nSPS) is 15.5. The average molecular weight is 220 g/mol. The second-order valence-corrected chi connectivity index (χ2v) is 4.93. The Morgan fingerprint density at radius 3 is 2.62 bits per heavy atom. The topological polar surface area (TPSA) is 17.1 Å². The molecule has 1 nitrogen and oxygen atoms in total. The molecule has 86 valence electrons. The summed E-state index contributed by atoms with van der Waals surface area (Å²) in [6.07, 6.45) is 2.43. The van der Waals surface area contributed by atoms with E-state index in [0.717, 1.165) is 24.0 Å². The number of ketones is 1. The van der Waals surface area contributed by atoms with Crippen molar-refractivity contribution in [2.45, 2.75) is 39.0 Å². The lowest BCUT2D eigenvalue weighted by Gasteiger charge is -2.08. The maximum absolute atomic E-state index is 13.7. The third-order valence-corrected chi connectivity index (χ3v) is 3.10. The number of hydrogen-bond acceptors (Lipinski definition) is 1. The average Bonchev–Trinajstić information content (AvgIpc) is 2.99. The Balaban J connectivity index is 2.11. The second kappa shape index (κ2) is 4.36. The van der Waals surface area contributed by atoms with E-state index in [1.54, 1.807) is 6.07 Å². The standard InChI is InChI=1S/C14H17FO/c1-9(2)12-6-3-10(7-13(12)15)8-14(16)11-4-5-11/h3,6-7,9,11H,4-5,8H2,1-2H3. The summed E-state index contributed by atoms with van der Waals surface area (Å²) < 4.78 is 13.7. The predicted octanol–water partition coefficient (Wildman–Crippen LogP) is 3.47. The van der Waals surface area contributed by atoms with Gasteiger partial charge >= 0.3 is 0 Å². The van der Waals surface area contributed by atoms with E-state index < -0.39 is 0 Å². The lowest BCUT2D eigenvalue weighted by atomic mass is 9.98. The third kappa shape index (κ3) is 2.49. The molecule has 0 aromatic heterocycles. The molecule has 2 rings (SSSR count). The van der Waals surface area contributed by atoms with Gasteiger partial charge in [-0.05, 0) is 36.0 Å². The molecule has 0 heterocycles. The first kappa shape index (κ1) is 11.3. The minimum Gasteiger partial charge on any atom is -0.299 e. The van der Waals surface area contributed by atoms with E-state index in [-0.39, 0.29) is 23.4 Å². The maximum Gasteiger partial charge on any atom is 0.140 e. The number of Topliss-reactive ketones (excluding diaryl/α,β-unsaturated/α-hetero) is 1. The highest BCUT2D eigenvalue weighted by Gasteiger charge is 2.29. The summed E-state index contributed by atoms with van der Waals surface area (Å²) in [4.78, 5) is 11.6. The molecule has 1 aromatic rings. The molecule has 1 aliphatic carbocycles. The summed E-state index contributed by atoms with van der Waals surface area (Å²) in [5.74, 6) is 0.522. The van der Waals surface area contributed by atoms with E-state index in [4.69, 9.17) is 0 Å². The molecule has 0 unspecified atom stereocenters. The van der Waals surface area contributed by atoms with Crippen LogP contribution in [0.5, 0.6) is 0 Å². The number of rotatable bonds is 4. The van der Waals surface area contributed by atoms with Gasteiger partial charge in [0.05, 0.1) is 0 Å². The highest BCUT2D eigenvalue weighted by Crippen LogP contribution is 2.31. The molecule has 16 heavy (non-hydrogen) atoms. The summed E-state index contributed by atoms with van der Waals surface area (Å²) in [5.41, 5.74) is 1.53. The van der Waals surface area contributed by atoms with Gasteiger partial charge in [-0.25, -0.2) is 4.39 Å². The number of carbonyl (C=O) groups excluding carboxylic acids is 1. The molecule has 0 bridgehead atoms. The lowest BCUT2D eigenvalue weighted by molar-refractivity contribution is -0.119. The molecule has 0 amide bonds. The molecule has 1 aliphatic rings. The summed E-state index contributed by atoms with van der Waals surface area (Å²) in [6, 6.07) is 5.18. The van der Waals surface area contributed by atoms with Gasteiger partial charge < -0.3 is 0 Å². The Bertz CT molecular complexity index is 405. The largest absolute Gasteiger partial charge is 0.299 e. The van der Waals surface area contributed by atoms with Crippen LogP contribution in [0.3, 0.4) is 0 Å². The zero-order chi connectivity index (χ0) is 11.7. The summed E-state index contributed by atoms with van der Waals surface area (Å²) in [6.45, 7) is 3.93. The van der Waals surface area contributed by atoms with Crippen molar-refractivity contribution in [3.8, 4) is 0 Å². The fourth-order valence-electron chi connectivity index (χ4n) is 1.90. The predicted molar refractivity (Wildman–Crippen MR) is 61.9 cm³/mol. The Kier molecular flexibility index (Phi) is 3.08. The minimum absolute atomic E-state index is 0.184. The first-order valence-electron chi connectivity index (χ1n) is 5.89. The van der Waals surface area contributed by atoms with Crippen molar-refractivity contribution in [1.29, 1.82) is 0 Å². The number of carbonyl (C=O) groups is 1. The monoisotopic (exact) mass is 220 g/mol. The highest BCUT2D eigenvalue weighted by molar-refractivity contribution is 5.85.